The van der Waals surface area contributed by atoms with Gasteiger partial charge in [0.2, 0.25) is 6.79 Å². The van der Waals surface area contributed by atoms with Crippen molar-refractivity contribution in [3.05, 3.63) is 53.6 Å². The fraction of sp³-hybridized carbons (Fsp3) is 0.188. The maximum atomic E-state index is 12.2. The maximum Gasteiger partial charge on any atom is 0.276 e. The van der Waals surface area contributed by atoms with Crippen molar-refractivity contribution in [2.75, 3.05) is 6.79 Å². The van der Waals surface area contributed by atoms with Crippen LogP contribution in [0.15, 0.2) is 52.5 Å². The molecule has 0 aliphatic carbocycles. The Bertz CT molecular complexity index is 858. The third-order valence-electron chi connectivity index (χ3n) is 3.46. The molecule has 0 saturated carbocycles. The van der Waals surface area contributed by atoms with Gasteiger partial charge in [-0.25, -0.2) is 0 Å². The highest BCUT2D eigenvalue weighted by Gasteiger charge is 2.15. The molecule has 0 saturated heterocycles. The predicted octanol–water partition coefficient (Wildman–Crippen LogP) is 2.43. The number of nitrogens with one attached hydrogen (secondary N) is 1. The van der Waals surface area contributed by atoms with Crippen LogP contribution in [0.2, 0.25) is 0 Å². The van der Waals surface area contributed by atoms with Crippen molar-refractivity contribution in [2.24, 2.45) is 5.10 Å². The van der Waals surface area contributed by atoms with Crippen LogP contribution in [0, 0.1) is 6.92 Å². The smallest absolute Gasteiger partial charge is 0.276 e. The number of sulfonamides is 1. The molecule has 0 atom stereocenters. The molecule has 0 unspecified atom stereocenters. The second kappa shape index (κ2) is 5.92. The predicted molar refractivity (Wildman–Crippen MR) is 86.3 cm³/mol. The van der Waals surface area contributed by atoms with Gasteiger partial charge in [-0.1, -0.05) is 17.7 Å². The molecule has 1 N–H and O–H groups in total. The molecule has 0 radical (unpaired) electrons. The summed E-state index contributed by atoms with van der Waals surface area (Å²) >= 11 is 0. The van der Waals surface area contributed by atoms with Crippen LogP contribution in [-0.4, -0.2) is 20.9 Å². The molecule has 2 aromatic carbocycles. The van der Waals surface area contributed by atoms with Crippen molar-refractivity contribution in [3.63, 3.8) is 0 Å². The average molecular weight is 332 g/mol. The van der Waals surface area contributed by atoms with Crippen LogP contribution in [0.5, 0.6) is 11.5 Å². The van der Waals surface area contributed by atoms with Gasteiger partial charge in [-0.15, -0.1) is 0 Å². The van der Waals surface area contributed by atoms with Crippen molar-refractivity contribution >= 4 is 15.7 Å². The minimum absolute atomic E-state index is 0.172. The van der Waals surface area contributed by atoms with Gasteiger partial charge in [0, 0.05) is 5.56 Å². The summed E-state index contributed by atoms with van der Waals surface area (Å²) in [6.45, 7) is 3.80. The summed E-state index contributed by atoms with van der Waals surface area (Å²) in [5.41, 5.74) is 2.27. The molecule has 1 aliphatic rings. The number of hydrazone groups is 1. The van der Waals surface area contributed by atoms with E-state index in [1.807, 2.05) is 6.92 Å². The highest BCUT2D eigenvalue weighted by molar-refractivity contribution is 7.89. The number of ether oxygens (including phenoxy) is 2. The lowest BCUT2D eigenvalue weighted by Gasteiger charge is -2.06. The molecule has 6 nitrogen and oxygen atoms in total. The van der Waals surface area contributed by atoms with Gasteiger partial charge in [-0.3, -0.25) is 0 Å². The Kier molecular flexibility index (Phi) is 3.96. The first kappa shape index (κ1) is 15.4. The zero-order valence-electron chi connectivity index (χ0n) is 12.7. The van der Waals surface area contributed by atoms with E-state index in [0.29, 0.717) is 17.2 Å². The van der Waals surface area contributed by atoms with Crippen LogP contribution >= 0.6 is 0 Å². The molecule has 2 aromatic rings. The third-order valence-corrected chi connectivity index (χ3v) is 4.68. The quantitative estimate of drug-likeness (QED) is 0.689. The fourth-order valence-electron chi connectivity index (χ4n) is 2.08. The highest BCUT2D eigenvalue weighted by atomic mass is 32.2. The maximum absolute atomic E-state index is 12.2. The third kappa shape index (κ3) is 3.29. The van der Waals surface area contributed by atoms with Crippen LogP contribution < -0.4 is 14.3 Å². The van der Waals surface area contributed by atoms with Gasteiger partial charge in [0.1, 0.15) is 0 Å². The summed E-state index contributed by atoms with van der Waals surface area (Å²) in [4.78, 5) is 2.42. The first-order chi connectivity index (χ1) is 11.0. The van der Waals surface area contributed by atoms with Crippen molar-refractivity contribution in [2.45, 2.75) is 18.7 Å². The van der Waals surface area contributed by atoms with Gasteiger partial charge in [-0.05, 0) is 44.2 Å². The summed E-state index contributed by atoms with van der Waals surface area (Å²) in [5, 5.41) is 3.97. The molecule has 0 aromatic heterocycles. The topological polar surface area (TPSA) is 77.0 Å². The number of hydrogen-bond donors (Lipinski definition) is 1. The molecule has 3 rings (SSSR count). The van der Waals surface area contributed by atoms with Crippen molar-refractivity contribution in [1.82, 2.24) is 4.83 Å². The number of benzene rings is 2. The molecule has 0 spiro atoms. The standard InChI is InChI=1S/C16H16N2O4S/c1-11-3-6-14(7-4-11)23(19,20)18-17-12(2)13-5-8-15-16(9-13)22-10-21-15/h3-9,18H,10H2,1-2H3/b17-12+. The number of nitrogens with zero attached hydrogens (tertiary/aromatic N) is 1. The Labute approximate surface area is 134 Å². The number of fused-ring (bicyclic) bond motifs is 1. The lowest BCUT2D eigenvalue weighted by atomic mass is 10.1. The fourth-order valence-corrected chi connectivity index (χ4v) is 2.94. The van der Waals surface area contributed by atoms with Gasteiger partial charge >= 0.3 is 0 Å². The minimum Gasteiger partial charge on any atom is -0.454 e. The van der Waals surface area contributed by atoms with Crippen LogP contribution in [0.1, 0.15) is 18.1 Å². The number of aryl methyl sites for hydroxylation is 1. The van der Waals surface area contributed by atoms with E-state index >= 15 is 0 Å². The summed E-state index contributed by atoms with van der Waals surface area (Å²) in [6, 6.07) is 11.9. The number of hydrogen-bond acceptors (Lipinski definition) is 5. The molecule has 0 bridgehead atoms. The Morgan fingerprint density at radius 2 is 1.78 bits per heavy atom. The van der Waals surface area contributed by atoms with Gasteiger partial charge in [-0.2, -0.15) is 18.4 Å². The van der Waals surface area contributed by atoms with Crippen molar-refractivity contribution < 1.29 is 17.9 Å². The number of rotatable bonds is 4. The zero-order chi connectivity index (χ0) is 16.4. The Morgan fingerprint density at radius 3 is 2.52 bits per heavy atom. The van der Waals surface area contributed by atoms with E-state index in [9.17, 15) is 8.42 Å². The molecule has 0 fully saturated rings. The minimum atomic E-state index is -3.69. The van der Waals surface area contributed by atoms with E-state index in [1.165, 1.54) is 0 Å². The second-order valence-electron chi connectivity index (χ2n) is 5.17. The molecular formula is C16H16N2O4S. The zero-order valence-corrected chi connectivity index (χ0v) is 13.6. The summed E-state index contributed by atoms with van der Waals surface area (Å²) in [6.07, 6.45) is 0. The van der Waals surface area contributed by atoms with Crippen molar-refractivity contribution in [3.8, 4) is 11.5 Å². The van der Waals surface area contributed by atoms with Gasteiger partial charge in [0.15, 0.2) is 11.5 Å². The van der Waals surface area contributed by atoms with Crippen LogP contribution in [0.3, 0.4) is 0 Å². The summed E-state index contributed by atoms with van der Waals surface area (Å²) in [7, 11) is -3.69. The van der Waals surface area contributed by atoms with E-state index in [1.54, 1.807) is 49.4 Å². The van der Waals surface area contributed by atoms with Crippen LogP contribution in [0.4, 0.5) is 0 Å². The molecule has 120 valence electrons. The van der Waals surface area contributed by atoms with E-state index < -0.39 is 10.0 Å². The first-order valence-electron chi connectivity index (χ1n) is 6.98. The molecule has 7 heteroatoms. The largest absolute Gasteiger partial charge is 0.454 e. The molecule has 1 heterocycles. The lowest BCUT2D eigenvalue weighted by molar-refractivity contribution is 0.174. The molecular weight excluding hydrogens is 316 g/mol. The molecule has 23 heavy (non-hydrogen) atoms. The van der Waals surface area contributed by atoms with Gasteiger partial charge in [0.05, 0.1) is 10.6 Å². The molecule has 1 aliphatic heterocycles. The van der Waals surface area contributed by atoms with Gasteiger partial charge in [0.25, 0.3) is 10.0 Å². The first-order valence-corrected chi connectivity index (χ1v) is 8.47. The van der Waals surface area contributed by atoms with E-state index in [2.05, 4.69) is 9.93 Å². The van der Waals surface area contributed by atoms with E-state index in [-0.39, 0.29) is 11.7 Å². The monoisotopic (exact) mass is 332 g/mol. The lowest BCUT2D eigenvalue weighted by Crippen LogP contribution is -2.19. The second-order valence-corrected chi connectivity index (χ2v) is 6.83. The van der Waals surface area contributed by atoms with Crippen LogP contribution in [-0.2, 0) is 10.0 Å². The van der Waals surface area contributed by atoms with Gasteiger partial charge < -0.3 is 9.47 Å². The Balaban J connectivity index is 1.80. The molecule has 0 amide bonds. The highest BCUT2D eigenvalue weighted by Crippen LogP contribution is 2.32. The Morgan fingerprint density at radius 1 is 1.09 bits per heavy atom. The van der Waals surface area contributed by atoms with Crippen molar-refractivity contribution in [1.29, 1.82) is 0 Å². The van der Waals surface area contributed by atoms with Crippen LogP contribution in [0.25, 0.3) is 0 Å². The van der Waals surface area contributed by atoms with E-state index in [0.717, 1.165) is 11.1 Å². The normalized spacial score (nSPS) is 13.9. The SMILES string of the molecule is C/C(=N\NS(=O)(=O)c1ccc(C)cc1)c1ccc2c(c1)OCO2. The summed E-state index contributed by atoms with van der Waals surface area (Å²) < 4.78 is 34.9. The average Bonchev–Trinajstić information content (AvgIpc) is 3.00. The Hall–Kier alpha value is -2.54. The summed E-state index contributed by atoms with van der Waals surface area (Å²) in [5.74, 6) is 1.29. The van der Waals surface area contributed by atoms with E-state index in [4.69, 9.17) is 9.47 Å².